The summed E-state index contributed by atoms with van der Waals surface area (Å²) >= 11 is 1.71. The van der Waals surface area contributed by atoms with Crippen LogP contribution >= 0.6 is 11.8 Å². The van der Waals surface area contributed by atoms with Crippen molar-refractivity contribution in [2.75, 3.05) is 11.6 Å². The first kappa shape index (κ1) is 25.1. The van der Waals surface area contributed by atoms with Crippen molar-refractivity contribution in [3.63, 3.8) is 0 Å². The molecule has 1 N–H and O–H groups in total. The van der Waals surface area contributed by atoms with Gasteiger partial charge in [-0.3, -0.25) is 0 Å². The van der Waals surface area contributed by atoms with E-state index < -0.39 is 0 Å². The summed E-state index contributed by atoms with van der Waals surface area (Å²) in [4.78, 5) is 17.3. The van der Waals surface area contributed by atoms with Crippen molar-refractivity contribution in [2.45, 2.75) is 37.8 Å². The zero-order chi connectivity index (χ0) is 26.9. The van der Waals surface area contributed by atoms with Crippen LogP contribution < -0.4 is 5.32 Å². The molecule has 5 aromatic rings. The second kappa shape index (κ2) is 10.5. The van der Waals surface area contributed by atoms with E-state index in [1.54, 1.807) is 11.8 Å². The van der Waals surface area contributed by atoms with Gasteiger partial charge in [-0.05, 0) is 73.2 Å². The number of fused-ring (bicyclic) bond motifs is 3. The van der Waals surface area contributed by atoms with Crippen LogP contribution in [-0.2, 0) is 13.0 Å². The number of carbonyl (C=O) groups is 1. The molecule has 1 unspecified atom stereocenters. The highest BCUT2D eigenvalue weighted by Gasteiger charge is 2.36. The monoisotopic (exact) mass is 533 g/mol. The molecule has 0 aliphatic carbocycles. The Kier molecular flexibility index (Phi) is 6.75. The fourth-order valence-corrected chi connectivity index (χ4v) is 5.83. The van der Waals surface area contributed by atoms with E-state index in [4.69, 9.17) is 5.10 Å². The molecule has 0 saturated carbocycles. The van der Waals surface area contributed by atoms with Gasteiger partial charge in [-0.25, -0.2) is 9.48 Å². The normalized spacial score (nSPS) is 14.4. The van der Waals surface area contributed by atoms with Gasteiger partial charge in [-0.1, -0.05) is 55.5 Å². The molecule has 3 heterocycles. The molecule has 1 aliphatic rings. The van der Waals surface area contributed by atoms with Crippen molar-refractivity contribution >= 4 is 23.5 Å². The minimum Gasteiger partial charge on any atom is -0.308 e. The van der Waals surface area contributed by atoms with Crippen LogP contribution in [0.4, 0.5) is 10.5 Å². The molecule has 0 fully saturated rings. The number of nitrogens with one attached hydrogen (secondary N) is 1. The Labute approximate surface area is 233 Å². The summed E-state index contributed by atoms with van der Waals surface area (Å²) in [6, 6.07) is 30.5. The number of benzene rings is 3. The Balaban J connectivity index is 1.53. The summed E-state index contributed by atoms with van der Waals surface area (Å²) < 4.78 is 4.19. The third-order valence-corrected chi connectivity index (χ3v) is 8.16. The lowest BCUT2D eigenvalue weighted by Gasteiger charge is -2.31. The first-order chi connectivity index (χ1) is 19.1. The summed E-state index contributed by atoms with van der Waals surface area (Å²) in [5.74, 6) is 0.966. The summed E-state index contributed by atoms with van der Waals surface area (Å²) in [7, 11) is 0. The number of rotatable bonds is 5. The van der Waals surface area contributed by atoms with Crippen LogP contribution in [0.3, 0.4) is 0 Å². The fraction of sp³-hybridized carbons (Fsp3) is 0.188. The molecule has 2 amide bonds. The highest BCUT2D eigenvalue weighted by molar-refractivity contribution is 7.98. The Morgan fingerprint density at radius 3 is 2.46 bits per heavy atom. The fourth-order valence-electron chi connectivity index (χ4n) is 5.42. The Morgan fingerprint density at radius 2 is 1.72 bits per heavy atom. The number of hydrogen-bond donors (Lipinski definition) is 1. The van der Waals surface area contributed by atoms with Gasteiger partial charge in [0.25, 0.3) is 0 Å². The van der Waals surface area contributed by atoms with E-state index in [1.807, 2.05) is 59.0 Å². The van der Waals surface area contributed by atoms with Crippen molar-refractivity contribution in [1.29, 1.82) is 0 Å². The predicted octanol–water partition coefficient (Wildman–Crippen LogP) is 7.39. The molecule has 3 aromatic carbocycles. The number of amides is 2. The van der Waals surface area contributed by atoms with E-state index >= 15 is 0 Å². The number of hydrogen-bond acceptors (Lipinski definition) is 3. The molecule has 0 radical (unpaired) electrons. The zero-order valence-electron chi connectivity index (χ0n) is 22.3. The number of urea groups is 1. The highest BCUT2D eigenvalue weighted by Crippen LogP contribution is 2.39. The van der Waals surface area contributed by atoms with Crippen LogP contribution in [0.2, 0.25) is 0 Å². The quantitative estimate of drug-likeness (QED) is 0.240. The van der Waals surface area contributed by atoms with Crippen molar-refractivity contribution in [2.24, 2.45) is 0 Å². The number of nitrogens with zero attached hydrogens (tertiary/aromatic N) is 4. The van der Waals surface area contributed by atoms with Crippen molar-refractivity contribution < 1.29 is 4.79 Å². The molecular formula is C32H31N5OS. The Bertz CT molecular complexity index is 1620. The smallest absolute Gasteiger partial charge is 0.308 e. The third-order valence-electron chi connectivity index (χ3n) is 7.42. The molecule has 6 nitrogen and oxygen atoms in total. The van der Waals surface area contributed by atoms with E-state index in [1.165, 1.54) is 4.90 Å². The lowest BCUT2D eigenvalue weighted by atomic mass is 10.0. The summed E-state index contributed by atoms with van der Waals surface area (Å²) in [5, 5.41) is 8.18. The number of para-hydroxylation sites is 2. The number of carbonyl (C=O) groups excluding carboxylic acids is 1. The maximum absolute atomic E-state index is 14.2. The van der Waals surface area contributed by atoms with Gasteiger partial charge in [-0.15, -0.1) is 11.8 Å². The van der Waals surface area contributed by atoms with Gasteiger partial charge in [0.05, 0.1) is 29.7 Å². The van der Waals surface area contributed by atoms with Crippen LogP contribution in [0.5, 0.6) is 0 Å². The minimum atomic E-state index is -0.291. The van der Waals surface area contributed by atoms with Crippen LogP contribution in [0.1, 0.15) is 41.0 Å². The largest absolute Gasteiger partial charge is 0.322 e. The molecule has 1 aliphatic heterocycles. The maximum atomic E-state index is 14.2. The minimum absolute atomic E-state index is 0.137. The summed E-state index contributed by atoms with van der Waals surface area (Å²) in [6.07, 6.45) is 4.99. The molecule has 7 heteroatoms. The van der Waals surface area contributed by atoms with Crippen LogP contribution in [0, 0.1) is 6.92 Å². The van der Waals surface area contributed by atoms with Gasteiger partial charge in [-0.2, -0.15) is 5.10 Å². The standard InChI is InChI=1S/C32H31N5OS/c1-4-23-11-8-9-14-28(23)33-32(38)36-21-27-22(2)34-37(25-12-6-5-7-13-25)31(27)35-20-10-15-29(35)30(36)24-16-18-26(39-3)19-17-24/h5-20,30H,4,21H2,1-3H3,(H,33,38). The maximum Gasteiger partial charge on any atom is 0.322 e. The topological polar surface area (TPSA) is 55.1 Å². The van der Waals surface area contributed by atoms with E-state index in [0.29, 0.717) is 6.54 Å². The van der Waals surface area contributed by atoms with Crippen molar-refractivity contribution in [3.05, 3.63) is 125 Å². The SMILES string of the molecule is CCc1ccccc1NC(=O)N1Cc2c(C)nn(-c3ccccc3)c2-n2cccc2C1c1ccc(SC)cc1. The molecule has 1 atom stereocenters. The molecule has 0 saturated heterocycles. The van der Waals surface area contributed by atoms with Gasteiger partial charge in [0, 0.05) is 22.3 Å². The third kappa shape index (κ3) is 4.53. The van der Waals surface area contributed by atoms with Crippen LogP contribution in [0.25, 0.3) is 11.5 Å². The highest BCUT2D eigenvalue weighted by atomic mass is 32.2. The van der Waals surface area contributed by atoms with E-state index in [9.17, 15) is 4.79 Å². The van der Waals surface area contributed by atoms with Gasteiger partial charge < -0.3 is 14.8 Å². The van der Waals surface area contributed by atoms with E-state index in [-0.39, 0.29) is 12.1 Å². The lowest BCUT2D eigenvalue weighted by Crippen LogP contribution is -2.38. The molecule has 196 valence electrons. The first-order valence-corrected chi connectivity index (χ1v) is 14.4. The molecule has 39 heavy (non-hydrogen) atoms. The van der Waals surface area contributed by atoms with Gasteiger partial charge in [0.15, 0.2) is 0 Å². The van der Waals surface area contributed by atoms with E-state index in [2.05, 4.69) is 77.8 Å². The molecule has 2 aromatic heterocycles. The van der Waals surface area contributed by atoms with Crippen molar-refractivity contribution in [1.82, 2.24) is 19.2 Å². The number of anilines is 1. The zero-order valence-corrected chi connectivity index (χ0v) is 23.2. The van der Waals surface area contributed by atoms with E-state index in [0.717, 1.165) is 51.7 Å². The number of aryl methyl sites for hydroxylation is 2. The second-order valence-corrected chi connectivity index (χ2v) is 10.6. The molecular weight excluding hydrogens is 502 g/mol. The molecule has 0 spiro atoms. The van der Waals surface area contributed by atoms with Crippen LogP contribution in [-0.4, -0.2) is 31.5 Å². The summed E-state index contributed by atoms with van der Waals surface area (Å²) in [6.45, 7) is 4.55. The van der Waals surface area contributed by atoms with Crippen molar-refractivity contribution in [3.8, 4) is 11.5 Å². The second-order valence-electron chi connectivity index (χ2n) is 9.68. The number of thioether (sulfide) groups is 1. The molecule has 0 bridgehead atoms. The van der Waals surface area contributed by atoms with Crippen LogP contribution in [0.15, 0.2) is 102 Å². The average molecular weight is 534 g/mol. The summed E-state index contributed by atoms with van der Waals surface area (Å²) in [5.41, 5.74) is 6.95. The Hall–Kier alpha value is -4.23. The first-order valence-electron chi connectivity index (χ1n) is 13.2. The lowest BCUT2D eigenvalue weighted by molar-refractivity contribution is 0.194. The average Bonchev–Trinajstić information content (AvgIpc) is 3.54. The predicted molar refractivity (Wildman–Crippen MR) is 158 cm³/mol. The number of aromatic nitrogens is 3. The van der Waals surface area contributed by atoms with Gasteiger partial charge in [0.1, 0.15) is 5.82 Å². The Morgan fingerprint density at radius 1 is 0.974 bits per heavy atom. The van der Waals surface area contributed by atoms with Gasteiger partial charge >= 0.3 is 6.03 Å². The van der Waals surface area contributed by atoms with Gasteiger partial charge in [0.2, 0.25) is 0 Å². The molecule has 6 rings (SSSR count).